The number of hydrogen-bond donors (Lipinski definition) is 2. The van der Waals surface area contributed by atoms with E-state index >= 15 is 0 Å². The molecule has 4 rings (SSSR count). The summed E-state index contributed by atoms with van der Waals surface area (Å²) in [7, 11) is 0. The van der Waals surface area contributed by atoms with Crippen LogP contribution >= 0.6 is 15.9 Å². The average Bonchev–Trinajstić information content (AvgIpc) is 2.87. The van der Waals surface area contributed by atoms with Crippen LogP contribution in [0.2, 0.25) is 0 Å². The number of aromatic hydroxyl groups is 1. The van der Waals surface area contributed by atoms with Gasteiger partial charge in [0, 0.05) is 32.8 Å². The number of aromatic nitrogens is 1. The van der Waals surface area contributed by atoms with Gasteiger partial charge in [0.15, 0.2) is 0 Å². The summed E-state index contributed by atoms with van der Waals surface area (Å²) >= 11 is 3.45. The number of rotatable bonds is 1. The van der Waals surface area contributed by atoms with E-state index in [0.29, 0.717) is 6.54 Å². The van der Waals surface area contributed by atoms with E-state index in [4.69, 9.17) is 0 Å². The van der Waals surface area contributed by atoms with Gasteiger partial charge in [0.2, 0.25) is 0 Å². The molecule has 2 heterocycles. The summed E-state index contributed by atoms with van der Waals surface area (Å²) in [4.78, 5) is 5.50. The van der Waals surface area contributed by atoms with Crippen LogP contribution in [0.1, 0.15) is 11.3 Å². The van der Waals surface area contributed by atoms with Crippen molar-refractivity contribution in [1.29, 1.82) is 0 Å². The molecule has 0 saturated heterocycles. The molecule has 0 atom stereocenters. The second kappa shape index (κ2) is 4.67. The molecule has 1 aliphatic heterocycles. The van der Waals surface area contributed by atoms with Gasteiger partial charge in [0.05, 0.1) is 12.2 Å². The minimum atomic E-state index is 0.280. The number of benzene rings is 2. The molecule has 0 radical (unpaired) electrons. The Hall–Kier alpha value is -2.20. The van der Waals surface area contributed by atoms with Gasteiger partial charge in [-0.05, 0) is 30.3 Å². The molecule has 1 aliphatic rings. The highest BCUT2D eigenvalue weighted by molar-refractivity contribution is 9.10. The molecule has 0 amide bonds. The third kappa shape index (κ3) is 2.03. The number of nitrogens with one attached hydrogen (secondary N) is 1. The minimum Gasteiger partial charge on any atom is -0.506 e. The first-order valence-electron chi connectivity index (χ1n) is 6.75. The molecule has 3 aromatic rings. The molecule has 0 fully saturated rings. The van der Waals surface area contributed by atoms with Gasteiger partial charge in [-0.15, -0.1) is 0 Å². The molecule has 0 aliphatic carbocycles. The highest BCUT2D eigenvalue weighted by Gasteiger charge is 2.18. The molecule has 0 unspecified atom stereocenters. The van der Waals surface area contributed by atoms with Gasteiger partial charge in [-0.25, -0.2) is 0 Å². The Labute approximate surface area is 130 Å². The summed E-state index contributed by atoms with van der Waals surface area (Å²) < 4.78 is 0.950. The number of halogens is 1. The van der Waals surface area contributed by atoms with E-state index in [1.807, 2.05) is 29.3 Å². The van der Waals surface area contributed by atoms with Crippen LogP contribution in [-0.2, 0) is 6.54 Å². The molecule has 1 aromatic heterocycles. The van der Waals surface area contributed by atoms with Crippen molar-refractivity contribution in [2.45, 2.75) is 6.54 Å². The van der Waals surface area contributed by atoms with E-state index in [9.17, 15) is 5.11 Å². The number of anilines is 1. The van der Waals surface area contributed by atoms with E-state index in [-0.39, 0.29) is 5.75 Å². The first kappa shape index (κ1) is 12.5. The van der Waals surface area contributed by atoms with E-state index in [0.717, 1.165) is 21.4 Å². The van der Waals surface area contributed by atoms with Crippen LogP contribution in [0.4, 0.5) is 5.69 Å². The van der Waals surface area contributed by atoms with Crippen LogP contribution < -0.4 is 4.90 Å². The molecule has 2 N–H and O–H groups in total. The van der Waals surface area contributed by atoms with Crippen molar-refractivity contribution in [3.63, 3.8) is 0 Å². The van der Waals surface area contributed by atoms with Crippen molar-refractivity contribution in [3.05, 3.63) is 64.4 Å². The van der Waals surface area contributed by atoms with Crippen LogP contribution in [0.5, 0.6) is 5.75 Å². The molecule has 0 spiro atoms. The predicted molar refractivity (Wildman–Crippen MR) is 89.3 cm³/mol. The second-order valence-electron chi connectivity index (χ2n) is 5.14. The molecular weight excluding hydrogens is 328 g/mol. The number of phenols is 1. The predicted octanol–water partition coefficient (Wildman–Crippen LogP) is 4.63. The fourth-order valence-corrected chi connectivity index (χ4v) is 3.16. The van der Waals surface area contributed by atoms with Crippen LogP contribution in [-0.4, -0.2) is 10.1 Å². The first-order chi connectivity index (χ1) is 10.2. The maximum absolute atomic E-state index is 10.1. The summed E-state index contributed by atoms with van der Waals surface area (Å²) in [5.41, 5.74) is 4.34. The maximum atomic E-state index is 10.1. The highest BCUT2D eigenvalue weighted by atomic mass is 79.9. The lowest BCUT2D eigenvalue weighted by Crippen LogP contribution is -2.19. The van der Waals surface area contributed by atoms with Gasteiger partial charge in [0.25, 0.3) is 0 Å². The number of hydrogen-bond acceptors (Lipinski definition) is 2. The zero-order valence-corrected chi connectivity index (χ0v) is 12.8. The topological polar surface area (TPSA) is 39.3 Å². The van der Waals surface area contributed by atoms with E-state index in [1.54, 1.807) is 6.07 Å². The third-order valence-corrected chi connectivity index (χ3v) is 4.32. The van der Waals surface area contributed by atoms with E-state index in [2.05, 4.69) is 45.2 Å². The molecule has 21 heavy (non-hydrogen) atoms. The lowest BCUT2D eigenvalue weighted by Gasteiger charge is -2.24. The second-order valence-corrected chi connectivity index (χ2v) is 6.06. The standard InChI is InChI=1S/C17H13BrN2O/c18-11-5-6-17(21)16(9-11)20-8-7-13-12-3-1-2-4-14(12)19-15(13)10-20/h1-9,19,21H,10H2. The monoisotopic (exact) mass is 340 g/mol. The van der Waals surface area contributed by atoms with Crippen LogP contribution in [0.25, 0.3) is 17.0 Å². The number of fused-ring (bicyclic) bond motifs is 3. The fourth-order valence-electron chi connectivity index (χ4n) is 2.81. The van der Waals surface area contributed by atoms with Gasteiger partial charge >= 0.3 is 0 Å². The van der Waals surface area contributed by atoms with Crippen molar-refractivity contribution < 1.29 is 5.11 Å². The SMILES string of the molecule is Oc1ccc(Br)cc1N1C=Cc2c([nH]c3ccccc23)C1. The van der Waals surface area contributed by atoms with E-state index < -0.39 is 0 Å². The van der Waals surface area contributed by atoms with Crippen LogP contribution in [0.3, 0.4) is 0 Å². The van der Waals surface area contributed by atoms with Gasteiger partial charge in [-0.3, -0.25) is 0 Å². The third-order valence-electron chi connectivity index (χ3n) is 3.82. The average molecular weight is 341 g/mol. The van der Waals surface area contributed by atoms with Gasteiger partial charge in [-0.2, -0.15) is 0 Å². The summed E-state index contributed by atoms with van der Waals surface area (Å²) in [5.74, 6) is 0.280. The summed E-state index contributed by atoms with van der Waals surface area (Å²) in [6, 6.07) is 13.8. The van der Waals surface area contributed by atoms with Gasteiger partial charge < -0.3 is 15.0 Å². The number of nitrogens with zero attached hydrogens (tertiary/aromatic N) is 1. The van der Waals surface area contributed by atoms with E-state index in [1.165, 1.54) is 10.9 Å². The lowest BCUT2D eigenvalue weighted by atomic mass is 10.1. The largest absolute Gasteiger partial charge is 0.506 e. The number of aromatic amines is 1. The molecule has 3 nitrogen and oxygen atoms in total. The molecule has 2 aromatic carbocycles. The Morgan fingerprint density at radius 3 is 2.90 bits per heavy atom. The molecule has 104 valence electrons. The fraction of sp³-hybridized carbons (Fsp3) is 0.0588. The Bertz CT molecular complexity index is 866. The zero-order valence-electron chi connectivity index (χ0n) is 11.2. The van der Waals surface area contributed by atoms with Crippen LogP contribution in [0.15, 0.2) is 53.1 Å². The number of H-pyrrole nitrogens is 1. The highest BCUT2D eigenvalue weighted by Crippen LogP contribution is 2.35. The summed E-state index contributed by atoms with van der Waals surface area (Å²) in [5, 5.41) is 11.3. The molecule has 4 heteroatoms. The Balaban J connectivity index is 1.79. The van der Waals surface area contributed by atoms with Crippen molar-refractivity contribution in [2.75, 3.05) is 4.90 Å². The maximum Gasteiger partial charge on any atom is 0.139 e. The quantitative estimate of drug-likeness (QED) is 0.678. The Kier molecular flexibility index (Phi) is 2.79. The molecule has 0 saturated carbocycles. The summed E-state index contributed by atoms with van der Waals surface area (Å²) in [6.45, 7) is 0.713. The van der Waals surface area contributed by atoms with Crippen molar-refractivity contribution in [1.82, 2.24) is 4.98 Å². The van der Waals surface area contributed by atoms with Crippen molar-refractivity contribution in [3.8, 4) is 5.75 Å². The lowest BCUT2D eigenvalue weighted by molar-refractivity contribution is 0.475. The Morgan fingerprint density at radius 1 is 1.14 bits per heavy atom. The molecule has 0 bridgehead atoms. The molecular formula is C17H13BrN2O. The van der Waals surface area contributed by atoms with Gasteiger partial charge in [-0.1, -0.05) is 34.1 Å². The van der Waals surface area contributed by atoms with Crippen molar-refractivity contribution in [2.24, 2.45) is 0 Å². The normalized spacial score (nSPS) is 13.7. The Morgan fingerprint density at radius 2 is 2.00 bits per heavy atom. The number of para-hydroxylation sites is 1. The smallest absolute Gasteiger partial charge is 0.139 e. The van der Waals surface area contributed by atoms with Crippen molar-refractivity contribution >= 4 is 38.6 Å². The summed E-state index contributed by atoms with van der Waals surface area (Å²) in [6.07, 6.45) is 4.11. The minimum absolute atomic E-state index is 0.280. The van der Waals surface area contributed by atoms with Gasteiger partial charge in [0.1, 0.15) is 5.75 Å². The number of phenolic OH excluding ortho intramolecular Hbond substituents is 1. The zero-order chi connectivity index (χ0) is 14.4. The van der Waals surface area contributed by atoms with Crippen LogP contribution in [0, 0.1) is 0 Å². The first-order valence-corrected chi connectivity index (χ1v) is 7.54.